The molecule has 5 unspecified atom stereocenters. The van der Waals surface area contributed by atoms with Crippen LogP contribution in [-0.4, -0.2) is 22.4 Å². The number of rotatable bonds is 0. The average Bonchev–Trinajstić information content (AvgIpc) is 2.26. The molecule has 0 aromatic carbocycles. The smallest absolute Gasteiger partial charge is 0.0920 e. The topological polar surface area (TPSA) is 29.5 Å². The summed E-state index contributed by atoms with van der Waals surface area (Å²) >= 11 is 0. The van der Waals surface area contributed by atoms with Gasteiger partial charge < -0.3 is 9.84 Å². The monoisotopic (exact) mass is 236 g/mol. The first-order chi connectivity index (χ1) is 7.84. The van der Waals surface area contributed by atoms with Gasteiger partial charge in [0.05, 0.1) is 17.3 Å². The molecule has 96 valence electrons. The average molecular weight is 236 g/mol. The van der Waals surface area contributed by atoms with Crippen LogP contribution in [0.1, 0.15) is 53.4 Å². The molecule has 2 nitrogen and oxygen atoms in total. The molecule has 0 aromatic heterocycles. The zero-order valence-electron chi connectivity index (χ0n) is 11.4. The van der Waals surface area contributed by atoms with E-state index in [9.17, 15) is 5.11 Å². The van der Waals surface area contributed by atoms with Crippen LogP contribution < -0.4 is 0 Å². The van der Waals surface area contributed by atoms with E-state index in [1.165, 1.54) is 12.0 Å². The second-order valence-corrected chi connectivity index (χ2v) is 6.85. The van der Waals surface area contributed by atoms with E-state index in [4.69, 9.17) is 4.74 Å². The summed E-state index contributed by atoms with van der Waals surface area (Å²) in [5, 5.41) is 10.4. The lowest BCUT2D eigenvalue weighted by atomic mass is 9.49. The fourth-order valence-electron chi connectivity index (χ4n) is 4.52. The molecule has 1 spiro atoms. The molecule has 4 rings (SSSR count). The van der Waals surface area contributed by atoms with Gasteiger partial charge >= 0.3 is 0 Å². The van der Waals surface area contributed by atoms with Crippen LogP contribution in [0.4, 0.5) is 0 Å². The number of hydrogen-bond donors (Lipinski definition) is 1. The lowest BCUT2D eigenvalue weighted by Crippen LogP contribution is -2.70. The normalized spacial score (nSPS) is 57.6. The van der Waals surface area contributed by atoms with Gasteiger partial charge in [-0.05, 0) is 52.4 Å². The molecule has 2 aliphatic heterocycles. The SMILES string of the molecule is CC1=CCC(C)C2(C)OC3(C)CCC12CC3O. The van der Waals surface area contributed by atoms with Crippen molar-refractivity contribution in [3.05, 3.63) is 11.6 Å². The van der Waals surface area contributed by atoms with Crippen molar-refractivity contribution in [2.45, 2.75) is 70.7 Å². The highest BCUT2D eigenvalue weighted by Crippen LogP contribution is 2.65. The summed E-state index contributed by atoms with van der Waals surface area (Å²) in [5.41, 5.74) is 1.13. The van der Waals surface area contributed by atoms with E-state index in [0.717, 1.165) is 19.3 Å². The van der Waals surface area contributed by atoms with E-state index >= 15 is 0 Å². The number of aliphatic hydroxyl groups excluding tert-OH is 1. The van der Waals surface area contributed by atoms with Crippen LogP contribution in [0.2, 0.25) is 0 Å². The Hall–Kier alpha value is -0.340. The van der Waals surface area contributed by atoms with Crippen LogP contribution in [-0.2, 0) is 4.74 Å². The molecule has 2 heterocycles. The van der Waals surface area contributed by atoms with Gasteiger partial charge in [0.2, 0.25) is 0 Å². The van der Waals surface area contributed by atoms with Crippen molar-refractivity contribution < 1.29 is 9.84 Å². The molecule has 2 saturated heterocycles. The predicted octanol–water partition coefficient (Wildman–Crippen LogP) is 3.05. The summed E-state index contributed by atoms with van der Waals surface area (Å²) in [6.45, 7) is 8.89. The van der Waals surface area contributed by atoms with Crippen LogP contribution in [0.25, 0.3) is 0 Å². The van der Waals surface area contributed by atoms with Crippen LogP contribution in [0.15, 0.2) is 11.6 Å². The highest BCUT2D eigenvalue weighted by atomic mass is 16.5. The summed E-state index contributed by atoms with van der Waals surface area (Å²) in [6.07, 6.45) is 6.21. The summed E-state index contributed by atoms with van der Waals surface area (Å²) in [6, 6.07) is 0. The molecule has 0 radical (unpaired) electrons. The predicted molar refractivity (Wildman–Crippen MR) is 67.7 cm³/mol. The third kappa shape index (κ3) is 1.18. The van der Waals surface area contributed by atoms with E-state index in [-0.39, 0.29) is 22.7 Å². The summed E-state index contributed by atoms with van der Waals surface area (Å²) in [4.78, 5) is 0. The van der Waals surface area contributed by atoms with Crippen molar-refractivity contribution >= 4 is 0 Å². The maximum atomic E-state index is 10.4. The van der Waals surface area contributed by atoms with Crippen molar-refractivity contribution in [2.75, 3.05) is 0 Å². The molecule has 1 saturated carbocycles. The Morgan fingerprint density at radius 1 is 1.35 bits per heavy atom. The molecule has 2 heteroatoms. The maximum Gasteiger partial charge on any atom is 0.0920 e. The third-order valence-corrected chi connectivity index (χ3v) is 6.16. The van der Waals surface area contributed by atoms with Gasteiger partial charge in [0.25, 0.3) is 0 Å². The van der Waals surface area contributed by atoms with Crippen molar-refractivity contribution in [2.24, 2.45) is 11.3 Å². The molecule has 3 fully saturated rings. The van der Waals surface area contributed by atoms with Gasteiger partial charge in [-0.15, -0.1) is 0 Å². The van der Waals surface area contributed by atoms with Crippen LogP contribution in [0, 0.1) is 11.3 Å². The molecule has 5 atom stereocenters. The Kier molecular flexibility index (Phi) is 2.18. The quantitative estimate of drug-likeness (QED) is 0.655. The van der Waals surface area contributed by atoms with E-state index in [1.807, 2.05) is 0 Å². The molecule has 4 aliphatic rings. The van der Waals surface area contributed by atoms with Gasteiger partial charge in [0.1, 0.15) is 0 Å². The van der Waals surface area contributed by atoms with Crippen molar-refractivity contribution in [1.82, 2.24) is 0 Å². The van der Waals surface area contributed by atoms with Crippen molar-refractivity contribution in [1.29, 1.82) is 0 Å². The first-order valence-electron chi connectivity index (χ1n) is 6.90. The lowest BCUT2D eigenvalue weighted by Gasteiger charge is -2.67. The highest BCUT2D eigenvalue weighted by Gasteiger charge is 2.66. The first kappa shape index (κ1) is 11.7. The standard InChI is InChI=1S/C15H24O2/c1-10-5-6-11(2)15-8-7-13(3,12(16)9-15)17-14(10,15)4/h6,10,12,16H,5,7-9H2,1-4H3. The largest absolute Gasteiger partial charge is 0.390 e. The molecule has 1 N–H and O–H groups in total. The van der Waals surface area contributed by atoms with Crippen LogP contribution in [0.3, 0.4) is 0 Å². The fraction of sp³-hybridized carbons (Fsp3) is 0.867. The van der Waals surface area contributed by atoms with Gasteiger partial charge in [-0.3, -0.25) is 0 Å². The maximum absolute atomic E-state index is 10.4. The zero-order valence-corrected chi connectivity index (χ0v) is 11.4. The Bertz CT molecular complexity index is 388. The minimum absolute atomic E-state index is 0.0852. The second kappa shape index (κ2) is 3.16. The van der Waals surface area contributed by atoms with E-state index < -0.39 is 0 Å². The Morgan fingerprint density at radius 2 is 2.06 bits per heavy atom. The summed E-state index contributed by atoms with van der Waals surface area (Å²) in [5.74, 6) is 0.540. The summed E-state index contributed by atoms with van der Waals surface area (Å²) in [7, 11) is 0. The van der Waals surface area contributed by atoms with Gasteiger partial charge in [-0.2, -0.15) is 0 Å². The van der Waals surface area contributed by atoms with E-state index in [2.05, 4.69) is 33.8 Å². The molecule has 2 bridgehead atoms. The van der Waals surface area contributed by atoms with Crippen LogP contribution in [0.5, 0.6) is 0 Å². The number of aliphatic hydroxyl groups is 1. The molecular weight excluding hydrogens is 212 g/mol. The molecule has 17 heavy (non-hydrogen) atoms. The second-order valence-electron chi connectivity index (χ2n) is 6.85. The number of fused-ring (bicyclic) bond motifs is 2. The minimum atomic E-state index is -0.317. The molecule has 0 aromatic rings. The van der Waals surface area contributed by atoms with Gasteiger partial charge in [-0.1, -0.05) is 18.6 Å². The fourth-order valence-corrected chi connectivity index (χ4v) is 4.52. The minimum Gasteiger partial charge on any atom is -0.390 e. The third-order valence-electron chi connectivity index (χ3n) is 6.16. The van der Waals surface area contributed by atoms with Gasteiger partial charge in [-0.25, -0.2) is 0 Å². The van der Waals surface area contributed by atoms with Gasteiger partial charge in [0, 0.05) is 5.41 Å². The summed E-state index contributed by atoms with van der Waals surface area (Å²) < 4.78 is 6.46. The highest BCUT2D eigenvalue weighted by molar-refractivity contribution is 5.30. The van der Waals surface area contributed by atoms with Crippen molar-refractivity contribution in [3.8, 4) is 0 Å². The Balaban J connectivity index is 2.14. The lowest BCUT2D eigenvalue weighted by molar-refractivity contribution is -0.322. The number of allylic oxidation sites excluding steroid dienone is 1. The Morgan fingerprint density at radius 3 is 2.71 bits per heavy atom. The Labute approximate surface area is 104 Å². The zero-order chi connectivity index (χ0) is 12.5. The van der Waals surface area contributed by atoms with Crippen LogP contribution >= 0.6 is 0 Å². The number of hydrogen-bond acceptors (Lipinski definition) is 2. The number of ether oxygens (including phenoxy) is 1. The molecular formula is C15H24O2. The molecule has 2 aliphatic carbocycles. The first-order valence-corrected chi connectivity index (χ1v) is 6.90. The van der Waals surface area contributed by atoms with Crippen molar-refractivity contribution in [3.63, 3.8) is 0 Å². The van der Waals surface area contributed by atoms with E-state index in [0.29, 0.717) is 5.92 Å². The van der Waals surface area contributed by atoms with Gasteiger partial charge in [0.15, 0.2) is 0 Å². The van der Waals surface area contributed by atoms with E-state index in [1.54, 1.807) is 0 Å². The molecule has 0 amide bonds.